The van der Waals surface area contributed by atoms with Crippen LogP contribution < -0.4 is 5.32 Å². The lowest BCUT2D eigenvalue weighted by Crippen LogP contribution is -2.49. The Kier molecular flexibility index (Phi) is 4.65. The van der Waals surface area contributed by atoms with Crippen LogP contribution in [-0.4, -0.2) is 25.6 Å². The molecule has 1 aliphatic rings. The van der Waals surface area contributed by atoms with Crippen LogP contribution in [0.3, 0.4) is 0 Å². The van der Waals surface area contributed by atoms with E-state index in [4.69, 9.17) is 11.6 Å². The monoisotopic (exact) mass is 363 g/mol. The molecule has 126 valence electrons. The topological polar surface area (TPSA) is 63.2 Å². The molecule has 0 radical (unpaired) electrons. The summed E-state index contributed by atoms with van der Waals surface area (Å²) in [7, 11) is -3.32. The average Bonchev–Trinajstić information content (AvgIpc) is 2.50. The first-order valence-corrected chi connectivity index (χ1v) is 9.65. The van der Waals surface area contributed by atoms with Crippen molar-refractivity contribution in [3.8, 4) is 0 Å². The number of nitrogens with one attached hydrogen (secondary N) is 1. The first-order chi connectivity index (χ1) is 11.4. The SMILES string of the molecule is Cc1cc(Cl)cc(C(=O)NC2CC(S(=O)(=O)c3ccccc3)C2)c1. The van der Waals surface area contributed by atoms with Crippen molar-refractivity contribution in [1.82, 2.24) is 5.32 Å². The Morgan fingerprint density at radius 2 is 1.79 bits per heavy atom. The molecule has 3 rings (SSSR count). The summed E-state index contributed by atoms with van der Waals surface area (Å²) in [6, 6.07) is 13.5. The van der Waals surface area contributed by atoms with Crippen LogP contribution in [0.4, 0.5) is 0 Å². The third-order valence-corrected chi connectivity index (χ3v) is 6.65. The summed E-state index contributed by atoms with van der Waals surface area (Å²) in [6.07, 6.45) is 0.866. The van der Waals surface area contributed by atoms with E-state index < -0.39 is 15.1 Å². The summed E-state index contributed by atoms with van der Waals surface area (Å²) >= 11 is 5.97. The van der Waals surface area contributed by atoms with Crippen LogP contribution in [0.25, 0.3) is 0 Å². The van der Waals surface area contributed by atoms with Gasteiger partial charge in [0.1, 0.15) is 0 Å². The molecular weight excluding hydrogens is 346 g/mol. The van der Waals surface area contributed by atoms with Gasteiger partial charge in [-0.05, 0) is 55.7 Å². The number of benzene rings is 2. The molecule has 0 spiro atoms. The van der Waals surface area contributed by atoms with Crippen LogP contribution >= 0.6 is 11.6 Å². The predicted molar refractivity (Wildman–Crippen MR) is 94.1 cm³/mol. The molecule has 0 aromatic heterocycles. The summed E-state index contributed by atoms with van der Waals surface area (Å²) < 4.78 is 24.9. The van der Waals surface area contributed by atoms with Crippen molar-refractivity contribution in [2.75, 3.05) is 0 Å². The number of rotatable bonds is 4. The molecule has 0 heterocycles. The minimum atomic E-state index is -3.32. The highest BCUT2D eigenvalue weighted by Crippen LogP contribution is 2.31. The summed E-state index contributed by atoms with van der Waals surface area (Å²) in [4.78, 5) is 12.6. The highest BCUT2D eigenvalue weighted by molar-refractivity contribution is 7.92. The molecule has 4 nitrogen and oxygen atoms in total. The Morgan fingerprint density at radius 1 is 1.12 bits per heavy atom. The second-order valence-electron chi connectivity index (χ2n) is 6.14. The maximum absolute atomic E-state index is 12.5. The number of aryl methyl sites for hydroxylation is 1. The summed E-state index contributed by atoms with van der Waals surface area (Å²) in [6.45, 7) is 1.87. The van der Waals surface area contributed by atoms with Gasteiger partial charge in [-0.2, -0.15) is 0 Å². The van der Waals surface area contributed by atoms with Gasteiger partial charge in [-0.1, -0.05) is 29.8 Å². The maximum Gasteiger partial charge on any atom is 0.251 e. The number of amides is 1. The van der Waals surface area contributed by atoms with Crippen molar-refractivity contribution in [2.45, 2.75) is 36.0 Å². The van der Waals surface area contributed by atoms with Crippen LogP contribution in [0.15, 0.2) is 53.4 Å². The molecule has 0 bridgehead atoms. The van der Waals surface area contributed by atoms with Gasteiger partial charge >= 0.3 is 0 Å². The fourth-order valence-corrected chi connectivity index (χ4v) is 5.06. The van der Waals surface area contributed by atoms with Gasteiger partial charge in [0.2, 0.25) is 0 Å². The molecular formula is C18H18ClNO3S. The van der Waals surface area contributed by atoms with E-state index in [1.54, 1.807) is 48.5 Å². The van der Waals surface area contributed by atoms with Crippen molar-refractivity contribution < 1.29 is 13.2 Å². The van der Waals surface area contributed by atoms with Crippen LogP contribution in [0.5, 0.6) is 0 Å². The third-order valence-electron chi connectivity index (χ3n) is 4.24. The Morgan fingerprint density at radius 3 is 2.42 bits per heavy atom. The van der Waals surface area contributed by atoms with Crippen LogP contribution in [-0.2, 0) is 9.84 Å². The molecule has 0 atom stereocenters. The van der Waals surface area contributed by atoms with Gasteiger partial charge in [-0.3, -0.25) is 4.79 Å². The zero-order chi connectivity index (χ0) is 17.3. The van der Waals surface area contributed by atoms with E-state index >= 15 is 0 Å². The number of hydrogen-bond acceptors (Lipinski definition) is 3. The van der Waals surface area contributed by atoms with Crippen molar-refractivity contribution in [2.24, 2.45) is 0 Å². The fraction of sp³-hybridized carbons (Fsp3) is 0.278. The van der Waals surface area contributed by atoms with Crippen molar-refractivity contribution in [3.63, 3.8) is 0 Å². The number of sulfone groups is 1. The molecule has 1 N–H and O–H groups in total. The smallest absolute Gasteiger partial charge is 0.251 e. The van der Waals surface area contributed by atoms with Crippen molar-refractivity contribution in [1.29, 1.82) is 0 Å². The van der Waals surface area contributed by atoms with Crippen molar-refractivity contribution in [3.05, 3.63) is 64.7 Å². The summed E-state index contributed by atoms with van der Waals surface area (Å²) in [5.41, 5.74) is 1.40. The Balaban J connectivity index is 1.62. The van der Waals surface area contributed by atoms with Gasteiger partial charge in [0, 0.05) is 16.6 Å². The first kappa shape index (κ1) is 17.0. The Hall–Kier alpha value is -1.85. The molecule has 1 aliphatic carbocycles. The van der Waals surface area contributed by atoms with E-state index in [0.29, 0.717) is 28.3 Å². The lowest BCUT2D eigenvalue weighted by molar-refractivity contribution is 0.0917. The van der Waals surface area contributed by atoms with E-state index in [2.05, 4.69) is 5.32 Å². The van der Waals surface area contributed by atoms with E-state index in [1.165, 1.54) is 0 Å². The molecule has 2 aromatic carbocycles. The lowest BCUT2D eigenvalue weighted by atomic mass is 9.92. The summed E-state index contributed by atoms with van der Waals surface area (Å²) in [5.74, 6) is -0.221. The molecule has 1 fully saturated rings. The zero-order valence-corrected chi connectivity index (χ0v) is 14.8. The van der Waals surface area contributed by atoms with Crippen LogP contribution in [0.1, 0.15) is 28.8 Å². The molecule has 2 aromatic rings. The van der Waals surface area contributed by atoms with Gasteiger partial charge in [0.25, 0.3) is 5.91 Å². The molecule has 1 amide bonds. The Bertz CT molecular complexity index is 839. The highest BCUT2D eigenvalue weighted by Gasteiger charge is 2.40. The zero-order valence-electron chi connectivity index (χ0n) is 13.2. The third kappa shape index (κ3) is 3.47. The fourth-order valence-electron chi connectivity index (χ4n) is 2.88. The number of carbonyl (C=O) groups is 1. The second kappa shape index (κ2) is 6.57. The number of halogens is 1. The molecule has 24 heavy (non-hydrogen) atoms. The predicted octanol–water partition coefficient (Wildman–Crippen LogP) is 3.38. The number of carbonyl (C=O) groups excluding carboxylic acids is 1. The first-order valence-electron chi connectivity index (χ1n) is 7.73. The summed E-state index contributed by atoms with van der Waals surface area (Å²) in [5, 5.41) is 2.95. The highest BCUT2D eigenvalue weighted by atomic mass is 35.5. The minimum absolute atomic E-state index is 0.125. The second-order valence-corrected chi connectivity index (χ2v) is 8.80. The van der Waals surface area contributed by atoms with E-state index in [0.717, 1.165) is 5.56 Å². The normalized spacial score (nSPS) is 20.2. The Labute approximate surface area is 146 Å². The standard InChI is InChI=1S/C18H18ClNO3S/c1-12-7-13(9-14(19)8-12)18(21)20-15-10-17(11-15)24(22,23)16-5-3-2-4-6-16/h2-9,15,17H,10-11H2,1H3,(H,20,21). The molecule has 0 saturated heterocycles. The number of hydrogen-bond donors (Lipinski definition) is 1. The van der Waals surface area contributed by atoms with E-state index in [1.807, 2.05) is 6.92 Å². The quantitative estimate of drug-likeness (QED) is 0.905. The molecule has 0 unspecified atom stereocenters. The van der Waals surface area contributed by atoms with Gasteiger partial charge in [-0.15, -0.1) is 0 Å². The van der Waals surface area contributed by atoms with Gasteiger partial charge in [0.15, 0.2) is 9.84 Å². The van der Waals surface area contributed by atoms with E-state index in [9.17, 15) is 13.2 Å². The van der Waals surface area contributed by atoms with Gasteiger partial charge in [-0.25, -0.2) is 8.42 Å². The van der Waals surface area contributed by atoms with Gasteiger partial charge < -0.3 is 5.32 Å². The van der Waals surface area contributed by atoms with Gasteiger partial charge in [0.05, 0.1) is 10.1 Å². The average molecular weight is 364 g/mol. The van der Waals surface area contributed by atoms with Crippen LogP contribution in [0.2, 0.25) is 5.02 Å². The van der Waals surface area contributed by atoms with Crippen LogP contribution in [0, 0.1) is 6.92 Å². The minimum Gasteiger partial charge on any atom is -0.349 e. The van der Waals surface area contributed by atoms with Crippen molar-refractivity contribution >= 4 is 27.3 Å². The van der Waals surface area contributed by atoms with E-state index in [-0.39, 0.29) is 11.9 Å². The molecule has 6 heteroatoms. The molecule has 1 saturated carbocycles. The largest absolute Gasteiger partial charge is 0.349 e. The lowest BCUT2D eigenvalue weighted by Gasteiger charge is -2.35. The maximum atomic E-state index is 12.5. The molecule has 0 aliphatic heterocycles.